The molecule has 0 aliphatic carbocycles. The Morgan fingerprint density at radius 2 is 0.669 bits per heavy atom. The first-order valence-corrected chi connectivity index (χ1v) is 47.9. The number of carbonyl (C=O) groups excluding carboxylic acids is 20. The zero-order chi connectivity index (χ0) is 106. The zero-order valence-electron chi connectivity index (χ0n) is 79.9. The second-order valence-electron chi connectivity index (χ2n) is 34.1. The van der Waals surface area contributed by atoms with Crippen LogP contribution in [-0.4, -0.2) is 387 Å². The summed E-state index contributed by atoms with van der Waals surface area (Å²) in [6.45, 7) is 5.53. The number of likely N-dealkylation sites (tertiary alicyclic amines) is 1. The van der Waals surface area contributed by atoms with E-state index in [9.17, 15) is 142 Å². The smallest absolute Gasteiger partial charge is 0.326 e. The van der Waals surface area contributed by atoms with Gasteiger partial charge in [0, 0.05) is 12.3 Å². The highest BCUT2D eigenvalue weighted by Crippen LogP contribution is 2.21. The first kappa shape index (κ1) is 126. The van der Waals surface area contributed by atoms with E-state index in [1.165, 1.54) is 25.6 Å². The average molecular weight is 2030 g/mol. The van der Waals surface area contributed by atoms with Gasteiger partial charge in [0.15, 0.2) is 0 Å². The van der Waals surface area contributed by atoms with Crippen LogP contribution in [0, 0.1) is 11.8 Å². The number of carboxylic acids is 1. The molecule has 38 N–H and O–H groups in total. The molecule has 1 aliphatic heterocycles. The lowest BCUT2D eigenvalue weighted by atomic mass is 9.99. The van der Waals surface area contributed by atoms with Crippen LogP contribution in [-0.2, 0) is 101 Å². The molecule has 1 saturated heterocycles. The number of hydrogen-bond donors (Lipinski definition) is 33. The number of hydrogen-bond acceptors (Lipinski definition) is 35. The number of nitrogens with two attached hydrogens (primary N) is 6. The number of aliphatic carboxylic acids is 1. The molecule has 0 aromatic carbocycles. The van der Waals surface area contributed by atoms with Gasteiger partial charge < -0.3 is 176 Å². The maximum Gasteiger partial charge on any atom is 0.326 e. The van der Waals surface area contributed by atoms with Crippen molar-refractivity contribution < 1.29 is 142 Å². The predicted molar refractivity (Wildman–Crippen MR) is 503 cm³/mol. The van der Waals surface area contributed by atoms with E-state index >= 15 is 0 Å². The van der Waals surface area contributed by atoms with E-state index in [0.29, 0.717) is 25.7 Å². The van der Waals surface area contributed by atoms with Gasteiger partial charge in [0.2, 0.25) is 118 Å². The van der Waals surface area contributed by atoms with E-state index in [0.717, 1.165) is 18.7 Å². The van der Waals surface area contributed by atoms with Crippen LogP contribution >= 0.6 is 24.4 Å². The van der Waals surface area contributed by atoms with Gasteiger partial charge in [-0.2, -0.15) is 24.4 Å². The van der Waals surface area contributed by atoms with Crippen LogP contribution < -0.4 is 130 Å². The standard InChI is InChI=1S/C83H149N25O29S2/c1-40(2)31-52(99-67(120)46(88)33-109)73(126)106-62(41(3)4)80(133)103-56(36-112)76(129)95-49(21-12-16-27-86)69(122)90-42(5)64(117)93-47(19-10-14-25-84)68(121)92-44(7)66(119)105-59(39-138)78(131)102-55(35-111)75(128)96-50(24-30-139-9)71(124)100-54(34-110)74(127)94-48(20-11-15-26-85)70(123)91-43(6)65(118)98-53(32-61(89)116)72(125)101-57(37-113)77(130)107-63(45(8)115)81(134)104-58(38-114)82(135)108-29-18-23-60(108)79(132)97-51(83(136)137)22-13-17-28-87/h40-60,62-63,109-115,138H,10-39,84-88H2,1-9H3,(H2,89,116)(H,90,122)(H,91,123)(H,92,121)(H,93,117)(H,94,127)(H,95,129)(H,96,128)(H,97,132)(H,98,118)(H,99,120)(H,100,124)(H,101,125)(H,102,131)(H,103,133)(H,104,134)(H,105,119)(H,106,126)(H,107,130)(H,136,137)/t42-,43-,44-,45+,46-,47-,48-,49-,50-,51-,52-,53-,54-,55-,56-,57-,58-,59-,60-,62-,63-/m0/s1. The second kappa shape index (κ2) is 67.4. The fourth-order valence-corrected chi connectivity index (χ4v) is 14.3. The van der Waals surface area contributed by atoms with Gasteiger partial charge in [-0.3, -0.25) is 95.9 Å². The molecular formula is C83H149N25O29S2. The lowest BCUT2D eigenvalue weighted by molar-refractivity contribution is -0.145. The van der Waals surface area contributed by atoms with E-state index in [4.69, 9.17) is 34.4 Å². The molecule has 139 heavy (non-hydrogen) atoms. The zero-order valence-corrected chi connectivity index (χ0v) is 81.6. The highest BCUT2D eigenvalue weighted by atomic mass is 32.2. The summed E-state index contributed by atoms with van der Waals surface area (Å²) < 4.78 is 0. The maximum atomic E-state index is 14.1. The minimum atomic E-state index is -2.04. The minimum Gasteiger partial charge on any atom is -0.480 e. The summed E-state index contributed by atoms with van der Waals surface area (Å²) in [6, 6.07) is -32.0. The number of amides is 20. The molecule has 1 fully saturated rings. The van der Waals surface area contributed by atoms with Crippen LogP contribution in [0.5, 0.6) is 0 Å². The van der Waals surface area contributed by atoms with Crippen LogP contribution in [0.1, 0.15) is 165 Å². The van der Waals surface area contributed by atoms with Crippen molar-refractivity contribution in [3.63, 3.8) is 0 Å². The number of carbonyl (C=O) groups is 21. The molecule has 0 unspecified atom stereocenters. The Balaban J connectivity index is 3.28. The van der Waals surface area contributed by atoms with Crippen molar-refractivity contribution in [1.29, 1.82) is 0 Å². The van der Waals surface area contributed by atoms with Gasteiger partial charge in [0.25, 0.3) is 0 Å². The third-order valence-corrected chi connectivity index (χ3v) is 22.7. The number of carboxylic acid groups (broad SMARTS) is 1. The number of nitrogens with zero attached hydrogens (tertiary/aromatic N) is 1. The Hall–Kier alpha value is -10.9. The van der Waals surface area contributed by atoms with E-state index in [-0.39, 0.29) is 121 Å². The summed E-state index contributed by atoms with van der Waals surface area (Å²) >= 11 is 5.36. The normalized spacial score (nSPS) is 16.7. The van der Waals surface area contributed by atoms with E-state index in [1.54, 1.807) is 34.0 Å². The Kier molecular flexibility index (Phi) is 61.2. The van der Waals surface area contributed by atoms with Gasteiger partial charge in [-0.15, -0.1) is 0 Å². The van der Waals surface area contributed by atoms with Crippen molar-refractivity contribution in [2.24, 2.45) is 46.2 Å². The molecule has 0 spiro atoms. The van der Waals surface area contributed by atoms with Gasteiger partial charge in [0.1, 0.15) is 121 Å². The topological polar surface area (TPSA) is 896 Å². The SMILES string of the molecule is CSCC[C@H](NC(=O)[C@H](CO)NC(=O)[C@H](CS)NC(=O)[C@H](C)NC(=O)[C@H](CCCCN)NC(=O)[C@H](C)NC(=O)[C@H](CCCCN)NC(=O)[C@H](CO)NC(=O)[C@@H](NC(=O)[C@H](CC(C)C)NC(=O)[C@@H](N)CO)C(C)C)C(=O)N[C@@H](CO)C(=O)N[C@@H](CCCCN)C(=O)N[C@@H](C)C(=O)N[C@@H](CC(N)=O)C(=O)N[C@@H](CO)C(=O)N[C@H](C(=O)N[C@@H](CO)C(=O)N1CCC[C@H]1C(=O)N[C@@H](CCCCN)C(=O)O)[C@@H](C)O. The second-order valence-corrected chi connectivity index (χ2v) is 35.4. The molecule has 1 rings (SSSR count). The number of thioether (sulfide) groups is 1. The highest BCUT2D eigenvalue weighted by Gasteiger charge is 2.43. The van der Waals surface area contributed by atoms with Gasteiger partial charge in [0.05, 0.1) is 52.2 Å². The lowest BCUT2D eigenvalue weighted by Crippen LogP contribution is -2.63. The quantitative estimate of drug-likeness (QED) is 0.0199. The van der Waals surface area contributed by atoms with E-state index < -0.39 is 309 Å². The monoisotopic (exact) mass is 2020 g/mol. The molecule has 0 aromatic rings. The van der Waals surface area contributed by atoms with Gasteiger partial charge in [-0.25, -0.2) is 4.79 Å². The first-order valence-electron chi connectivity index (χ1n) is 45.9. The number of rotatable bonds is 70. The fourth-order valence-electron chi connectivity index (χ4n) is 13.6. The van der Waals surface area contributed by atoms with Gasteiger partial charge in [-0.1, -0.05) is 27.7 Å². The van der Waals surface area contributed by atoms with Crippen molar-refractivity contribution in [3.05, 3.63) is 0 Å². The van der Waals surface area contributed by atoms with Crippen LogP contribution in [0.3, 0.4) is 0 Å². The third kappa shape index (κ3) is 45.5. The number of thiol groups is 1. The molecule has 21 atom stereocenters. The Bertz CT molecular complexity index is 4040. The van der Waals surface area contributed by atoms with Crippen LogP contribution in [0.15, 0.2) is 0 Å². The van der Waals surface area contributed by atoms with Crippen LogP contribution in [0.4, 0.5) is 0 Å². The molecule has 1 aliphatic rings. The summed E-state index contributed by atoms with van der Waals surface area (Å²) in [5, 5.41) is 124. The summed E-state index contributed by atoms with van der Waals surface area (Å²) in [7, 11) is 0. The van der Waals surface area contributed by atoms with E-state index in [1.807, 2.05) is 0 Å². The van der Waals surface area contributed by atoms with Gasteiger partial charge in [-0.05, 0) is 180 Å². The van der Waals surface area contributed by atoms with Crippen LogP contribution in [0.25, 0.3) is 0 Å². The molecule has 0 saturated carbocycles. The number of nitrogens with one attached hydrogen (secondary N) is 18. The molecule has 792 valence electrons. The largest absolute Gasteiger partial charge is 0.480 e. The fraction of sp³-hybridized carbons (Fsp3) is 0.747. The lowest BCUT2D eigenvalue weighted by Gasteiger charge is -2.30. The number of unbranched alkanes of at least 4 members (excludes halogenated alkanes) is 4. The van der Waals surface area contributed by atoms with Crippen molar-refractivity contribution in [3.8, 4) is 0 Å². The molecule has 0 radical (unpaired) electrons. The number of aliphatic hydroxyl groups is 7. The molecule has 56 heteroatoms. The summed E-state index contributed by atoms with van der Waals surface area (Å²) in [5.74, 6) is -24.0. The molecule has 20 amide bonds. The summed E-state index contributed by atoms with van der Waals surface area (Å²) in [6.07, 6.45) is 1.15. The van der Waals surface area contributed by atoms with Crippen LogP contribution in [0.2, 0.25) is 0 Å². The highest BCUT2D eigenvalue weighted by molar-refractivity contribution is 7.98. The minimum absolute atomic E-state index is 0.0285. The third-order valence-electron chi connectivity index (χ3n) is 21.7. The maximum absolute atomic E-state index is 14.1. The molecular weight excluding hydrogens is 1880 g/mol. The Morgan fingerprint density at radius 3 is 1.03 bits per heavy atom. The average Bonchev–Trinajstić information content (AvgIpc) is 1.72. The first-order chi connectivity index (χ1) is 65.6. The van der Waals surface area contributed by atoms with Crippen molar-refractivity contribution in [1.82, 2.24) is 101 Å². The molecule has 0 bridgehead atoms. The predicted octanol–water partition coefficient (Wildman–Crippen LogP) is -14.7. The Labute approximate surface area is 814 Å². The van der Waals surface area contributed by atoms with Crippen molar-refractivity contribution >= 4 is 149 Å². The molecule has 54 nitrogen and oxygen atoms in total. The van der Waals surface area contributed by atoms with Crippen molar-refractivity contribution in [2.75, 3.05) is 90.1 Å². The van der Waals surface area contributed by atoms with Crippen molar-refractivity contribution in [2.45, 2.75) is 291 Å². The number of primary amides is 1. The molecule has 1 heterocycles. The summed E-state index contributed by atoms with van der Waals surface area (Å²) in [5.41, 5.74) is 33.7. The van der Waals surface area contributed by atoms with E-state index in [2.05, 4.69) is 108 Å². The Morgan fingerprint density at radius 1 is 0.360 bits per heavy atom. The number of aliphatic hydroxyl groups excluding tert-OH is 7. The molecule has 0 aromatic heterocycles. The van der Waals surface area contributed by atoms with Gasteiger partial charge >= 0.3 is 5.97 Å². The summed E-state index contributed by atoms with van der Waals surface area (Å²) in [4.78, 5) is 286.